The van der Waals surface area contributed by atoms with E-state index in [-0.39, 0.29) is 16.8 Å². The molecule has 3 rings (SSSR count). The van der Waals surface area contributed by atoms with Crippen LogP contribution >= 0.6 is 0 Å². The highest BCUT2D eigenvalue weighted by molar-refractivity contribution is 7.90. The number of hydrogen-bond donors (Lipinski definition) is 1. The van der Waals surface area contributed by atoms with E-state index >= 15 is 0 Å². The summed E-state index contributed by atoms with van der Waals surface area (Å²) in [5.41, 5.74) is 1.24. The lowest BCUT2D eigenvalue weighted by Crippen LogP contribution is -2.12. The van der Waals surface area contributed by atoms with Crippen molar-refractivity contribution in [3.8, 4) is 5.75 Å². The van der Waals surface area contributed by atoms with Crippen LogP contribution < -0.4 is 10.1 Å². The van der Waals surface area contributed by atoms with Gasteiger partial charge in [0.1, 0.15) is 5.75 Å². The minimum absolute atomic E-state index is 0.0124. The van der Waals surface area contributed by atoms with Gasteiger partial charge in [0.2, 0.25) is 5.89 Å². The Kier molecular flexibility index (Phi) is 5.74. The second-order valence-corrected chi connectivity index (χ2v) is 8.02. The molecule has 1 amide bonds. The third kappa shape index (κ3) is 4.95. The molecule has 1 heterocycles. The summed E-state index contributed by atoms with van der Waals surface area (Å²) in [5.74, 6) is 0.603. The van der Waals surface area contributed by atoms with Crippen LogP contribution in [0.2, 0.25) is 0 Å². The Morgan fingerprint density at radius 1 is 1.07 bits per heavy atom. The van der Waals surface area contributed by atoms with Gasteiger partial charge in [-0.1, -0.05) is 17.2 Å². The van der Waals surface area contributed by atoms with Crippen LogP contribution in [-0.2, 0) is 16.3 Å². The molecular weight excluding hydrogens is 382 g/mol. The minimum atomic E-state index is -3.24. The van der Waals surface area contributed by atoms with Gasteiger partial charge in [0, 0.05) is 11.8 Å². The van der Waals surface area contributed by atoms with E-state index in [9.17, 15) is 13.2 Å². The van der Waals surface area contributed by atoms with Gasteiger partial charge < -0.3 is 9.15 Å². The van der Waals surface area contributed by atoms with E-state index in [4.69, 9.17) is 9.15 Å². The molecule has 0 bridgehead atoms. The SMILES string of the molecule is CCOc1ccc(C(=O)Nc2nnc(Cc3ccc(S(C)(=O)=O)cc3)o2)cc1. The van der Waals surface area contributed by atoms with Crippen molar-refractivity contribution in [1.29, 1.82) is 0 Å². The summed E-state index contributed by atoms with van der Waals surface area (Å²) in [6, 6.07) is 13.1. The molecule has 0 saturated heterocycles. The number of aromatic nitrogens is 2. The maximum absolute atomic E-state index is 12.2. The van der Waals surface area contributed by atoms with Gasteiger partial charge in [0.15, 0.2) is 9.84 Å². The number of benzene rings is 2. The quantitative estimate of drug-likeness (QED) is 0.648. The number of rotatable bonds is 7. The molecule has 0 saturated carbocycles. The molecule has 0 aliphatic heterocycles. The van der Waals surface area contributed by atoms with Crippen LogP contribution in [0.25, 0.3) is 0 Å². The summed E-state index contributed by atoms with van der Waals surface area (Å²) in [7, 11) is -3.24. The number of ether oxygens (including phenoxy) is 1. The molecule has 0 unspecified atom stereocenters. The zero-order valence-electron chi connectivity index (χ0n) is 15.4. The van der Waals surface area contributed by atoms with Crippen molar-refractivity contribution in [2.24, 2.45) is 0 Å². The van der Waals surface area contributed by atoms with Gasteiger partial charge in [-0.15, -0.1) is 5.10 Å². The first-order valence-corrected chi connectivity index (χ1v) is 10.4. The Bertz CT molecular complexity index is 1060. The van der Waals surface area contributed by atoms with Crippen molar-refractivity contribution in [2.45, 2.75) is 18.2 Å². The number of hydrogen-bond acceptors (Lipinski definition) is 7. The normalized spacial score (nSPS) is 11.2. The summed E-state index contributed by atoms with van der Waals surface area (Å²) in [6.45, 7) is 2.43. The number of carbonyl (C=O) groups excluding carboxylic acids is 1. The Hall–Kier alpha value is -3.20. The average Bonchev–Trinajstić information content (AvgIpc) is 3.09. The molecule has 9 heteroatoms. The molecule has 0 atom stereocenters. The summed E-state index contributed by atoms with van der Waals surface area (Å²) in [6.07, 6.45) is 1.47. The van der Waals surface area contributed by atoms with E-state index in [1.54, 1.807) is 36.4 Å². The van der Waals surface area contributed by atoms with Crippen LogP contribution in [0.4, 0.5) is 6.01 Å². The summed E-state index contributed by atoms with van der Waals surface area (Å²) >= 11 is 0. The highest BCUT2D eigenvalue weighted by Gasteiger charge is 2.13. The number of carbonyl (C=O) groups is 1. The predicted molar refractivity (Wildman–Crippen MR) is 102 cm³/mol. The van der Waals surface area contributed by atoms with E-state index in [0.717, 1.165) is 11.8 Å². The van der Waals surface area contributed by atoms with Crippen molar-refractivity contribution in [3.63, 3.8) is 0 Å². The van der Waals surface area contributed by atoms with Crippen LogP contribution in [0.1, 0.15) is 28.7 Å². The Labute approximate surface area is 162 Å². The number of anilines is 1. The standard InChI is InChI=1S/C19H19N3O5S/c1-3-26-15-8-6-14(7-9-15)18(23)20-19-22-21-17(27-19)12-13-4-10-16(11-5-13)28(2,24)25/h4-11H,3,12H2,1-2H3,(H,20,22,23). The zero-order valence-corrected chi connectivity index (χ0v) is 16.2. The smallest absolute Gasteiger partial charge is 0.322 e. The van der Waals surface area contributed by atoms with E-state index in [1.807, 2.05) is 6.92 Å². The Morgan fingerprint density at radius 3 is 2.36 bits per heavy atom. The van der Waals surface area contributed by atoms with Crippen molar-refractivity contribution in [3.05, 3.63) is 65.5 Å². The largest absolute Gasteiger partial charge is 0.494 e. The first kappa shape index (κ1) is 19.6. The molecule has 146 valence electrons. The van der Waals surface area contributed by atoms with Gasteiger partial charge in [0.25, 0.3) is 5.91 Å². The highest BCUT2D eigenvalue weighted by atomic mass is 32.2. The lowest BCUT2D eigenvalue weighted by atomic mass is 10.1. The molecule has 0 radical (unpaired) electrons. The molecule has 2 aromatic carbocycles. The molecule has 3 aromatic rings. The highest BCUT2D eigenvalue weighted by Crippen LogP contribution is 2.16. The summed E-state index contributed by atoms with van der Waals surface area (Å²) in [4.78, 5) is 12.5. The zero-order chi connectivity index (χ0) is 20.1. The number of amides is 1. The second kappa shape index (κ2) is 8.22. The Balaban J connectivity index is 1.63. The first-order valence-electron chi connectivity index (χ1n) is 8.51. The predicted octanol–water partition coefficient (Wildman–Crippen LogP) is 2.71. The number of nitrogens with one attached hydrogen (secondary N) is 1. The van der Waals surface area contributed by atoms with Crippen LogP contribution in [0.3, 0.4) is 0 Å². The van der Waals surface area contributed by atoms with Crippen LogP contribution in [0.5, 0.6) is 5.75 Å². The molecule has 1 N–H and O–H groups in total. The van der Waals surface area contributed by atoms with E-state index < -0.39 is 9.84 Å². The van der Waals surface area contributed by atoms with Crippen LogP contribution in [-0.4, -0.2) is 37.4 Å². The average molecular weight is 401 g/mol. The van der Waals surface area contributed by atoms with Gasteiger partial charge in [0.05, 0.1) is 17.9 Å². The van der Waals surface area contributed by atoms with Crippen molar-refractivity contribution in [2.75, 3.05) is 18.2 Å². The molecule has 1 aromatic heterocycles. The fourth-order valence-electron chi connectivity index (χ4n) is 2.44. The van der Waals surface area contributed by atoms with Gasteiger partial charge in [-0.25, -0.2) is 8.42 Å². The minimum Gasteiger partial charge on any atom is -0.494 e. The monoisotopic (exact) mass is 401 g/mol. The second-order valence-electron chi connectivity index (χ2n) is 6.01. The fraction of sp³-hybridized carbons (Fsp3) is 0.211. The van der Waals surface area contributed by atoms with E-state index in [2.05, 4.69) is 15.5 Å². The van der Waals surface area contributed by atoms with Crippen molar-refractivity contribution >= 4 is 21.8 Å². The van der Waals surface area contributed by atoms with Crippen molar-refractivity contribution < 1.29 is 22.4 Å². The molecule has 0 fully saturated rings. The molecule has 28 heavy (non-hydrogen) atoms. The first-order chi connectivity index (χ1) is 13.3. The summed E-state index contributed by atoms with van der Waals surface area (Å²) in [5, 5.41) is 10.3. The number of nitrogens with zero attached hydrogens (tertiary/aromatic N) is 2. The lowest BCUT2D eigenvalue weighted by Gasteiger charge is -2.04. The van der Waals surface area contributed by atoms with Gasteiger partial charge in [-0.05, 0) is 48.9 Å². The fourth-order valence-corrected chi connectivity index (χ4v) is 3.07. The maximum Gasteiger partial charge on any atom is 0.322 e. The lowest BCUT2D eigenvalue weighted by molar-refractivity contribution is 0.102. The Morgan fingerprint density at radius 2 is 1.75 bits per heavy atom. The third-order valence-corrected chi connectivity index (χ3v) is 4.95. The number of sulfone groups is 1. The van der Waals surface area contributed by atoms with Gasteiger partial charge in [-0.2, -0.15) is 0 Å². The topological polar surface area (TPSA) is 111 Å². The molecule has 8 nitrogen and oxygen atoms in total. The molecule has 0 spiro atoms. The molecule has 0 aliphatic rings. The third-order valence-electron chi connectivity index (χ3n) is 3.82. The molecular formula is C19H19N3O5S. The van der Waals surface area contributed by atoms with E-state index in [1.165, 1.54) is 12.1 Å². The maximum atomic E-state index is 12.2. The van der Waals surface area contributed by atoms with E-state index in [0.29, 0.717) is 30.2 Å². The van der Waals surface area contributed by atoms with Gasteiger partial charge in [-0.3, -0.25) is 10.1 Å². The van der Waals surface area contributed by atoms with Crippen molar-refractivity contribution in [1.82, 2.24) is 10.2 Å². The van der Waals surface area contributed by atoms with Crippen LogP contribution in [0.15, 0.2) is 57.8 Å². The van der Waals surface area contributed by atoms with Gasteiger partial charge >= 0.3 is 6.01 Å². The van der Waals surface area contributed by atoms with Crippen LogP contribution in [0, 0.1) is 0 Å². The summed E-state index contributed by atoms with van der Waals surface area (Å²) < 4.78 is 33.8. The molecule has 0 aliphatic carbocycles.